The minimum atomic E-state index is -0.810. The first-order chi connectivity index (χ1) is 9.13. The highest BCUT2D eigenvalue weighted by molar-refractivity contribution is 5.66. The smallest absolute Gasteiger partial charge is 0.303 e. The number of hydrogen-bond acceptors (Lipinski definition) is 5. The largest absolute Gasteiger partial charge is 0.481 e. The first-order valence-electron chi connectivity index (χ1n) is 6.70. The number of nitrogens with zero attached hydrogens (tertiary/aromatic N) is 3. The number of oxazole rings is 1. The van der Waals surface area contributed by atoms with Gasteiger partial charge in [-0.3, -0.25) is 4.79 Å². The zero-order valence-electron chi connectivity index (χ0n) is 11.3. The molecule has 106 valence electrons. The number of aliphatic carboxylic acids is 1. The predicted octanol–water partition coefficient (Wildman–Crippen LogP) is 0.482. The second kappa shape index (κ2) is 6.68. The zero-order valence-corrected chi connectivity index (χ0v) is 11.3. The molecule has 0 atom stereocenters. The lowest BCUT2D eigenvalue weighted by Gasteiger charge is -2.31. The Bertz CT molecular complexity index is 411. The predicted molar refractivity (Wildman–Crippen MR) is 70.1 cm³/mol. The Morgan fingerprint density at radius 2 is 2.11 bits per heavy atom. The van der Waals surface area contributed by atoms with Gasteiger partial charge in [0.2, 0.25) is 0 Å². The van der Waals surface area contributed by atoms with Crippen molar-refractivity contribution in [2.24, 2.45) is 0 Å². The van der Waals surface area contributed by atoms with Gasteiger partial charge in [0, 0.05) is 45.6 Å². The minimum absolute atomic E-state index is 0.0904. The molecule has 19 heavy (non-hydrogen) atoms. The highest BCUT2D eigenvalue weighted by Gasteiger charge is 2.14. The SMILES string of the molecule is CN1CCN(CCc2ncc(CCC(=O)O)o2)CC1. The van der Waals surface area contributed by atoms with Gasteiger partial charge in [-0.2, -0.15) is 0 Å². The Balaban J connectivity index is 1.72. The lowest BCUT2D eigenvalue weighted by molar-refractivity contribution is -0.137. The molecule has 2 rings (SSSR count). The number of hydrogen-bond donors (Lipinski definition) is 1. The van der Waals surface area contributed by atoms with Crippen LogP contribution in [0, 0.1) is 0 Å². The van der Waals surface area contributed by atoms with Gasteiger partial charge in [0.15, 0.2) is 5.89 Å². The third-order valence-corrected chi connectivity index (χ3v) is 3.42. The number of piperazine rings is 1. The fourth-order valence-corrected chi connectivity index (χ4v) is 2.13. The van der Waals surface area contributed by atoms with Crippen molar-refractivity contribution in [3.05, 3.63) is 17.8 Å². The van der Waals surface area contributed by atoms with Gasteiger partial charge >= 0.3 is 5.97 Å². The molecule has 1 saturated heterocycles. The van der Waals surface area contributed by atoms with Gasteiger partial charge in [-0.15, -0.1) is 0 Å². The summed E-state index contributed by atoms with van der Waals surface area (Å²) >= 11 is 0. The van der Waals surface area contributed by atoms with E-state index >= 15 is 0 Å². The first kappa shape index (κ1) is 14.0. The quantitative estimate of drug-likeness (QED) is 0.808. The molecule has 0 amide bonds. The monoisotopic (exact) mass is 267 g/mol. The van der Waals surface area contributed by atoms with Crippen LogP contribution in [0.15, 0.2) is 10.6 Å². The second-order valence-corrected chi connectivity index (χ2v) is 5.01. The normalized spacial score (nSPS) is 17.7. The fraction of sp³-hybridized carbons (Fsp3) is 0.692. The Kier molecular flexibility index (Phi) is 4.93. The lowest BCUT2D eigenvalue weighted by Crippen LogP contribution is -2.45. The molecule has 6 nitrogen and oxygen atoms in total. The molecule has 0 radical (unpaired) electrons. The van der Waals surface area contributed by atoms with E-state index in [1.807, 2.05) is 0 Å². The van der Waals surface area contributed by atoms with E-state index in [0.29, 0.717) is 18.1 Å². The van der Waals surface area contributed by atoms with E-state index in [2.05, 4.69) is 21.8 Å². The number of carbonyl (C=O) groups is 1. The van der Waals surface area contributed by atoms with Crippen LogP contribution in [0.3, 0.4) is 0 Å². The fourth-order valence-electron chi connectivity index (χ4n) is 2.13. The number of rotatable bonds is 6. The summed E-state index contributed by atoms with van der Waals surface area (Å²) < 4.78 is 5.53. The molecule has 6 heteroatoms. The van der Waals surface area contributed by atoms with Gasteiger partial charge in [0.05, 0.1) is 12.6 Å². The lowest BCUT2D eigenvalue weighted by atomic mass is 10.3. The number of likely N-dealkylation sites (N-methyl/N-ethyl adjacent to an activating group) is 1. The van der Waals surface area contributed by atoms with Crippen LogP contribution >= 0.6 is 0 Å². The summed E-state index contributed by atoms with van der Waals surface area (Å²) in [5.74, 6) is 0.561. The Hall–Kier alpha value is -1.40. The van der Waals surface area contributed by atoms with Crippen LogP contribution in [-0.2, 0) is 17.6 Å². The number of aromatic nitrogens is 1. The molecule has 0 aliphatic carbocycles. The summed E-state index contributed by atoms with van der Waals surface area (Å²) in [6.07, 6.45) is 2.93. The van der Waals surface area contributed by atoms with Crippen LogP contribution in [-0.4, -0.2) is 65.6 Å². The molecule has 0 aromatic carbocycles. The highest BCUT2D eigenvalue weighted by atomic mass is 16.4. The van der Waals surface area contributed by atoms with E-state index in [0.717, 1.165) is 39.1 Å². The average Bonchev–Trinajstić information content (AvgIpc) is 2.84. The van der Waals surface area contributed by atoms with Crippen LogP contribution in [0.5, 0.6) is 0 Å². The van der Waals surface area contributed by atoms with Crippen LogP contribution in [0.4, 0.5) is 0 Å². The number of aryl methyl sites for hydroxylation is 1. The van der Waals surface area contributed by atoms with E-state index < -0.39 is 5.97 Å². The van der Waals surface area contributed by atoms with Gasteiger partial charge in [-0.05, 0) is 7.05 Å². The molecule has 0 spiro atoms. The average molecular weight is 267 g/mol. The van der Waals surface area contributed by atoms with Crippen molar-refractivity contribution in [1.82, 2.24) is 14.8 Å². The summed E-state index contributed by atoms with van der Waals surface area (Å²) in [4.78, 5) is 19.4. The molecule has 1 fully saturated rings. The third kappa shape index (κ3) is 4.65. The zero-order chi connectivity index (χ0) is 13.7. The molecule has 0 unspecified atom stereocenters. The Morgan fingerprint density at radius 3 is 2.79 bits per heavy atom. The molecule has 1 aliphatic rings. The van der Waals surface area contributed by atoms with Gasteiger partial charge < -0.3 is 19.3 Å². The summed E-state index contributed by atoms with van der Waals surface area (Å²) in [7, 11) is 2.14. The Morgan fingerprint density at radius 1 is 1.37 bits per heavy atom. The first-order valence-corrected chi connectivity index (χ1v) is 6.70. The molecule has 1 aliphatic heterocycles. The minimum Gasteiger partial charge on any atom is -0.481 e. The van der Waals surface area contributed by atoms with Crippen LogP contribution < -0.4 is 0 Å². The third-order valence-electron chi connectivity index (χ3n) is 3.42. The van der Waals surface area contributed by atoms with Gasteiger partial charge in [-0.25, -0.2) is 4.98 Å². The summed E-state index contributed by atoms with van der Waals surface area (Å²) in [6, 6.07) is 0. The maximum absolute atomic E-state index is 10.5. The molecule has 0 bridgehead atoms. The van der Waals surface area contributed by atoms with Crippen LogP contribution in [0.2, 0.25) is 0 Å². The van der Waals surface area contributed by atoms with E-state index in [1.54, 1.807) is 6.20 Å². The van der Waals surface area contributed by atoms with E-state index in [1.165, 1.54) is 0 Å². The van der Waals surface area contributed by atoms with Crippen molar-refractivity contribution < 1.29 is 14.3 Å². The van der Waals surface area contributed by atoms with Gasteiger partial charge in [0.25, 0.3) is 0 Å². The maximum atomic E-state index is 10.5. The highest BCUT2D eigenvalue weighted by Crippen LogP contribution is 2.08. The molecule has 2 heterocycles. The summed E-state index contributed by atoms with van der Waals surface area (Å²) in [5.41, 5.74) is 0. The van der Waals surface area contributed by atoms with E-state index in [4.69, 9.17) is 9.52 Å². The summed E-state index contributed by atoms with van der Waals surface area (Å²) in [6.45, 7) is 5.34. The molecular weight excluding hydrogens is 246 g/mol. The van der Waals surface area contributed by atoms with Gasteiger partial charge in [-0.1, -0.05) is 0 Å². The molecule has 1 aromatic heterocycles. The second-order valence-electron chi connectivity index (χ2n) is 5.01. The van der Waals surface area contributed by atoms with Crippen molar-refractivity contribution in [3.63, 3.8) is 0 Å². The molecular formula is C13H21N3O3. The molecule has 1 aromatic rings. The van der Waals surface area contributed by atoms with Crippen molar-refractivity contribution in [2.75, 3.05) is 39.8 Å². The van der Waals surface area contributed by atoms with Gasteiger partial charge in [0.1, 0.15) is 5.76 Å². The van der Waals surface area contributed by atoms with Crippen molar-refractivity contribution in [3.8, 4) is 0 Å². The van der Waals surface area contributed by atoms with E-state index in [-0.39, 0.29) is 6.42 Å². The van der Waals surface area contributed by atoms with E-state index in [9.17, 15) is 4.79 Å². The molecule has 0 saturated carbocycles. The molecule has 1 N–H and O–H groups in total. The van der Waals surface area contributed by atoms with Crippen molar-refractivity contribution in [2.45, 2.75) is 19.3 Å². The number of carboxylic acid groups (broad SMARTS) is 1. The van der Waals surface area contributed by atoms with Crippen LogP contribution in [0.25, 0.3) is 0 Å². The van der Waals surface area contributed by atoms with Crippen LogP contribution in [0.1, 0.15) is 18.1 Å². The Labute approximate surface area is 113 Å². The number of carboxylic acids is 1. The topological polar surface area (TPSA) is 69.8 Å². The standard InChI is InChI=1S/C13H21N3O3/c1-15-6-8-16(9-7-15)5-4-12-14-10-11(19-12)2-3-13(17)18/h10H,2-9H2,1H3,(H,17,18). The van der Waals surface area contributed by atoms with Crippen molar-refractivity contribution >= 4 is 5.97 Å². The van der Waals surface area contributed by atoms with Crippen molar-refractivity contribution in [1.29, 1.82) is 0 Å². The summed E-state index contributed by atoms with van der Waals surface area (Å²) in [5, 5.41) is 8.60. The maximum Gasteiger partial charge on any atom is 0.303 e.